The number of nitriles is 1. The smallest absolute Gasteiger partial charge is 0.319 e. The maximum Gasteiger partial charge on any atom is 0.319 e. The minimum absolute atomic E-state index is 0.340. The molecule has 0 aliphatic rings. The van der Waals surface area contributed by atoms with Gasteiger partial charge in [0.1, 0.15) is 18.1 Å². The first-order valence-electron chi connectivity index (χ1n) is 7.61. The van der Waals surface area contributed by atoms with E-state index < -0.39 is 6.03 Å². The Kier molecular flexibility index (Phi) is 6.31. The molecule has 132 valence electrons. The van der Waals surface area contributed by atoms with Gasteiger partial charge in [0.25, 0.3) is 0 Å². The predicted octanol–water partition coefficient (Wildman–Crippen LogP) is 1.69. The van der Waals surface area contributed by atoms with E-state index in [1.54, 1.807) is 31.6 Å². The molecule has 9 nitrogen and oxygen atoms in total. The van der Waals surface area contributed by atoms with Crippen molar-refractivity contribution in [2.45, 2.75) is 19.5 Å². The van der Waals surface area contributed by atoms with E-state index in [2.05, 4.69) is 20.8 Å². The molecule has 2 rings (SSSR count). The predicted molar refractivity (Wildman–Crippen MR) is 90.2 cm³/mol. The van der Waals surface area contributed by atoms with Crippen molar-refractivity contribution in [3.8, 4) is 11.8 Å². The molecule has 0 aliphatic carbocycles. The summed E-state index contributed by atoms with van der Waals surface area (Å²) in [6.07, 6.45) is 1.59. The number of hydrogen-bond donors (Lipinski definition) is 2. The van der Waals surface area contributed by atoms with Gasteiger partial charge in [0.15, 0.2) is 5.82 Å². The van der Waals surface area contributed by atoms with Crippen LogP contribution in [0, 0.1) is 11.3 Å². The van der Waals surface area contributed by atoms with E-state index in [-0.39, 0.29) is 6.04 Å². The number of urea groups is 1. The second-order valence-electron chi connectivity index (χ2n) is 5.22. The van der Waals surface area contributed by atoms with E-state index in [0.29, 0.717) is 36.0 Å². The largest absolute Gasteiger partial charge is 0.495 e. The van der Waals surface area contributed by atoms with Gasteiger partial charge in [-0.1, -0.05) is 0 Å². The van der Waals surface area contributed by atoms with Gasteiger partial charge < -0.3 is 24.7 Å². The first-order chi connectivity index (χ1) is 12.1. The molecule has 2 N–H and O–H groups in total. The van der Waals surface area contributed by atoms with Gasteiger partial charge in [-0.25, -0.2) is 4.79 Å². The van der Waals surface area contributed by atoms with E-state index in [1.165, 1.54) is 7.11 Å². The highest BCUT2D eigenvalue weighted by Gasteiger charge is 2.16. The van der Waals surface area contributed by atoms with Crippen molar-refractivity contribution in [1.29, 1.82) is 5.26 Å². The third-order valence-corrected chi connectivity index (χ3v) is 3.49. The number of rotatable bonds is 7. The van der Waals surface area contributed by atoms with Crippen molar-refractivity contribution in [3.63, 3.8) is 0 Å². The SMILES string of the molecule is COCCn1cnnc1C(C)NC(=O)Nc1ccc(OC)c(C#N)c1. The lowest BCUT2D eigenvalue weighted by atomic mass is 10.2. The van der Waals surface area contributed by atoms with Crippen molar-refractivity contribution in [2.75, 3.05) is 26.1 Å². The maximum atomic E-state index is 12.2. The first kappa shape index (κ1) is 18.2. The zero-order valence-corrected chi connectivity index (χ0v) is 14.3. The summed E-state index contributed by atoms with van der Waals surface area (Å²) in [5, 5.41) is 22.5. The van der Waals surface area contributed by atoms with Crippen molar-refractivity contribution < 1.29 is 14.3 Å². The van der Waals surface area contributed by atoms with Gasteiger partial charge in [0.05, 0.1) is 25.3 Å². The van der Waals surface area contributed by atoms with Gasteiger partial charge in [-0.3, -0.25) is 0 Å². The number of ether oxygens (including phenoxy) is 2. The van der Waals surface area contributed by atoms with Crippen LogP contribution in [0.4, 0.5) is 10.5 Å². The highest BCUT2D eigenvalue weighted by atomic mass is 16.5. The fourth-order valence-electron chi connectivity index (χ4n) is 2.26. The first-order valence-corrected chi connectivity index (χ1v) is 7.61. The van der Waals surface area contributed by atoms with Crippen LogP contribution < -0.4 is 15.4 Å². The Morgan fingerprint density at radius 2 is 2.24 bits per heavy atom. The summed E-state index contributed by atoms with van der Waals surface area (Å²) in [6, 6.07) is 6.08. The van der Waals surface area contributed by atoms with Crippen LogP contribution in [0.1, 0.15) is 24.4 Å². The summed E-state index contributed by atoms with van der Waals surface area (Å²) in [5.41, 5.74) is 0.829. The lowest BCUT2D eigenvalue weighted by Crippen LogP contribution is -2.32. The Labute approximate surface area is 145 Å². The van der Waals surface area contributed by atoms with Crippen LogP contribution in [0.25, 0.3) is 0 Å². The van der Waals surface area contributed by atoms with Gasteiger partial charge in [-0.2, -0.15) is 5.26 Å². The fourth-order valence-corrected chi connectivity index (χ4v) is 2.26. The third-order valence-electron chi connectivity index (χ3n) is 3.49. The molecule has 1 aromatic heterocycles. The molecule has 0 spiro atoms. The molecule has 9 heteroatoms. The Balaban J connectivity index is 2.00. The summed E-state index contributed by atoms with van der Waals surface area (Å²) < 4.78 is 11.9. The van der Waals surface area contributed by atoms with Crippen LogP contribution in [0.3, 0.4) is 0 Å². The molecule has 25 heavy (non-hydrogen) atoms. The quantitative estimate of drug-likeness (QED) is 0.790. The molecule has 0 saturated carbocycles. The van der Waals surface area contributed by atoms with Crippen molar-refractivity contribution >= 4 is 11.7 Å². The van der Waals surface area contributed by atoms with Crippen LogP contribution in [0.2, 0.25) is 0 Å². The average Bonchev–Trinajstić information content (AvgIpc) is 3.08. The topological polar surface area (TPSA) is 114 Å². The van der Waals surface area contributed by atoms with E-state index in [0.717, 1.165) is 0 Å². The Hall–Kier alpha value is -3.12. The maximum absolute atomic E-state index is 12.2. The molecule has 2 amide bonds. The molecule has 0 saturated heterocycles. The summed E-state index contributed by atoms with van der Waals surface area (Å²) in [7, 11) is 3.10. The summed E-state index contributed by atoms with van der Waals surface area (Å²) in [4.78, 5) is 12.2. The lowest BCUT2D eigenvalue weighted by molar-refractivity contribution is 0.185. The number of benzene rings is 1. The molecule has 0 aliphatic heterocycles. The molecule has 0 fully saturated rings. The molecule has 1 atom stereocenters. The lowest BCUT2D eigenvalue weighted by Gasteiger charge is -2.15. The minimum Gasteiger partial charge on any atom is -0.495 e. The Morgan fingerprint density at radius 3 is 2.92 bits per heavy atom. The number of carbonyl (C=O) groups excluding carboxylic acids is 1. The molecule has 1 aromatic carbocycles. The standard InChI is InChI=1S/C16H20N6O3/c1-11(15-21-18-10-22(15)6-7-24-2)19-16(23)20-13-4-5-14(25-3)12(8-13)9-17/h4-5,8,10-11H,6-7H2,1-3H3,(H2,19,20,23). The van der Waals surface area contributed by atoms with Crippen LogP contribution in [-0.4, -0.2) is 41.6 Å². The van der Waals surface area contributed by atoms with E-state index in [4.69, 9.17) is 14.7 Å². The number of anilines is 1. The van der Waals surface area contributed by atoms with Crippen molar-refractivity contribution in [2.24, 2.45) is 0 Å². The van der Waals surface area contributed by atoms with Crippen molar-refractivity contribution in [1.82, 2.24) is 20.1 Å². The number of aromatic nitrogens is 3. The molecule has 0 bridgehead atoms. The second kappa shape index (κ2) is 8.65. The monoisotopic (exact) mass is 344 g/mol. The number of methoxy groups -OCH3 is 2. The highest BCUT2D eigenvalue weighted by Crippen LogP contribution is 2.21. The van der Waals surface area contributed by atoms with Gasteiger partial charge in [-0.15, -0.1) is 10.2 Å². The minimum atomic E-state index is -0.414. The molecule has 1 unspecified atom stereocenters. The normalized spacial score (nSPS) is 11.4. The molecule has 2 aromatic rings. The van der Waals surface area contributed by atoms with E-state index >= 15 is 0 Å². The van der Waals surface area contributed by atoms with Crippen LogP contribution >= 0.6 is 0 Å². The number of nitrogens with zero attached hydrogens (tertiary/aromatic N) is 4. The molecular formula is C16H20N6O3. The highest BCUT2D eigenvalue weighted by molar-refractivity contribution is 5.89. The summed E-state index contributed by atoms with van der Waals surface area (Å²) in [6.45, 7) is 2.92. The van der Waals surface area contributed by atoms with Gasteiger partial charge >= 0.3 is 6.03 Å². The Bertz CT molecular complexity index is 767. The Morgan fingerprint density at radius 1 is 1.44 bits per heavy atom. The van der Waals surface area contributed by atoms with Gasteiger partial charge in [-0.05, 0) is 25.1 Å². The number of amides is 2. The van der Waals surface area contributed by atoms with Crippen LogP contribution in [-0.2, 0) is 11.3 Å². The zero-order chi connectivity index (χ0) is 18.2. The average molecular weight is 344 g/mol. The summed E-state index contributed by atoms with van der Waals surface area (Å²) >= 11 is 0. The fraction of sp³-hybridized carbons (Fsp3) is 0.375. The van der Waals surface area contributed by atoms with E-state index in [1.807, 2.05) is 17.6 Å². The summed E-state index contributed by atoms with van der Waals surface area (Å²) in [5.74, 6) is 1.08. The molecule has 1 heterocycles. The third kappa shape index (κ3) is 4.68. The van der Waals surface area contributed by atoms with Gasteiger partial charge in [0.2, 0.25) is 0 Å². The van der Waals surface area contributed by atoms with Crippen LogP contribution in [0.5, 0.6) is 5.75 Å². The number of hydrogen-bond acceptors (Lipinski definition) is 6. The number of nitrogens with one attached hydrogen (secondary N) is 2. The second-order valence-corrected chi connectivity index (χ2v) is 5.22. The van der Waals surface area contributed by atoms with Crippen molar-refractivity contribution in [3.05, 3.63) is 35.9 Å². The van der Waals surface area contributed by atoms with E-state index in [9.17, 15) is 4.79 Å². The zero-order valence-electron chi connectivity index (χ0n) is 14.3. The number of carbonyl (C=O) groups is 1. The molecular weight excluding hydrogens is 324 g/mol. The molecule has 0 radical (unpaired) electrons. The van der Waals surface area contributed by atoms with Gasteiger partial charge in [0, 0.05) is 19.3 Å². The van der Waals surface area contributed by atoms with Crippen LogP contribution in [0.15, 0.2) is 24.5 Å².